The van der Waals surface area contributed by atoms with E-state index in [0.29, 0.717) is 17.2 Å². The quantitative estimate of drug-likeness (QED) is 0.221. The zero-order valence-corrected chi connectivity index (χ0v) is 23.4. The molecule has 6 nitrogen and oxygen atoms in total. The van der Waals surface area contributed by atoms with Crippen molar-refractivity contribution in [3.63, 3.8) is 0 Å². The summed E-state index contributed by atoms with van der Waals surface area (Å²) in [5.41, 5.74) is 4.46. The molecule has 1 fully saturated rings. The predicted octanol–water partition coefficient (Wildman–Crippen LogP) is 6.32. The number of aryl methyl sites for hydroxylation is 1. The third-order valence-corrected chi connectivity index (χ3v) is 9.63. The van der Waals surface area contributed by atoms with Gasteiger partial charge in [0, 0.05) is 5.69 Å². The maximum atomic E-state index is 13.9. The van der Waals surface area contributed by atoms with Crippen LogP contribution in [0.3, 0.4) is 0 Å². The summed E-state index contributed by atoms with van der Waals surface area (Å²) in [7, 11) is 0. The number of imide groups is 1. The number of ether oxygens (including phenoxy) is 1. The Morgan fingerprint density at radius 3 is 1.76 bits per heavy atom. The highest BCUT2D eigenvalue weighted by atomic mass is 35.5. The minimum absolute atomic E-state index is 0.446. The maximum absolute atomic E-state index is 13.9. The number of carbonyl (C=O) groups is 3. The molecule has 1 N–H and O–H groups in total. The van der Waals surface area contributed by atoms with Gasteiger partial charge in [-0.05, 0) is 71.1 Å². The number of benzene rings is 4. The first-order valence-corrected chi connectivity index (χ1v) is 14.1. The number of halogens is 2. The van der Waals surface area contributed by atoms with E-state index in [-0.39, 0.29) is 0 Å². The van der Waals surface area contributed by atoms with Gasteiger partial charge in [0.15, 0.2) is 0 Å². The minimum atomic E-state index is -1.28. The number of nitrogens with zero attached hydrogens (tertiary/aromatic N) is 1. The third-order valence-electron chi connectivity index (χ3n) is 8.34. The highest BCUT2D eigenvalue weighted by Crippen LogP contribution is 2.69. The van der Waals surface area contributed by atoms with E-state index in [1.54, 1.807) is 24.3 Å². The lowest BCUT2D eigenvalue weighted by atomic mass is 9.54. The van der Waals surface area contributed by atoms with E-state index in [2.05, 4.69) is 5.32 Å². The van der Waals surface area contributed by atoms with Crippen LogP contribution in [0.5, 0.6) is 11.5 Å². The fourth-order valence-electron chi connectivity index (χ4n) is 6.65. The lowest BCUT2D eigenvalue weighted by Gasteiger charge is -2.54. The standard InChI is InChI=1S/C33H24Cl2N2O4/c1-19-7-6-8-22(17-19)41-21-15-13-20(14-16-21)36-27(38)18-37-30(39)28-29(31(37)40)33(35)24-10-3-2-9-23(24)32(28,34)25-11-4-5-12-26(25)33/h2-17,28-29H,18H2,1H3,(H,36,38)/t28-,29-,32?,33?/m1/s1. The lowest BCUT2D eigenvalue weighted by molar-refractivity contribution is -0.142. The summed E-state index contributed by atoms with van der Waals surface area (Å²) >= 11 is 14.8. The van der Waals surface area contributed by atoms with Gasteiger partial charge in [0.2, 0.25) is 17.7 Å². The van der Waals surface area contributed by atoms with Crippen molar-refractivity contribution >= 4 is 46.6 Å². The molecule has 0 spiro atoms. The number of nitrogens with one attached hydrogen (secondary N) is 1. The first kappa shape index (κ1) is 25.8. The number of rotatable bonds is 5. The topological polar surface area (TPSA) is 75.7 Å². The van der Waals surface area contributed by atoms with Crippen LogP contribution in [0, 0.1) is 18.8 Å². The molecule has 8 heteroatoms. The molecule has 0 radical (unpaired) electrons. The Balaban J connectivity index is 1.14. The molecule has 204 valence electrons. The van der Waals surface area contributed by atoms with Gasteiger partial charge in [0.1, 0.15) is 27.8 Å². The monoisotopic (exact) mass is 582 g/mol. The Bertz CT molecular complexity index is 1630. The maximum Gasteiger partial charge on any atom is 0.244 e. The Hall–Kier alpha value is -4.13. The Morgan fingerprint density at radius 2 is 1.27 bits per heavy atom. The highest BCUT2D eigenvalue weighted by molar-refractivity contribution is 6.36. The van der Waals surface area contributed by atoms with Gasteiger partial charge in [0.05, 0.1) is 11.8 Å². The van der Waals surface area contributed by atoms with Crippen molar-refractivity contribution in [3.8, 4) is 11.5 Å². The predicted molar refractivity (Wildman–Crippen MR) is 156 cm³/mol. The van der Waals surface area contributed by atoms with Gasteiger partial charge in [-0.2, -0.15) is 0 Å². The van der Waals surface area contributed by atoms with Gasteiger partial charge in [-0.25, -0.2) is 0 Å². The summed E-state index contributed by atoms with van der Waals surface area (Å²) in [6, 6.07) is 29.4. The second-order valence-electron chi connectivity index (χ2n) is 10.7. The molecule has 1 aliphatic heterocycles. The number of anilines is 1. The lowest BCUT2D eigenvalue weighted by Crippen LogP contribution is -2.57. The van der Waals surface area contributed by atoms with Crippen molar-refractivity contribution in [3.05, 3.63) is 125 Å². The van der Waals surface area contributed by atoms with Gasteiger partial charge in [0.25, 0.3) is 0 Å². The summed E-state index contributed by atoms with van der Waals surface area (Å²) in [5.74, 6) is -2.07. The molecule has 4 aromatic carbocycles. The molecule has 3 amide bonds. The molecule has 0 aromatic heterocycles. The fourth-order valence-corrected chi connectivity index (χ4v) is 7.74. The molecule has 3 aliphatic carbocycles. The van der Waals surface area contributed by atoms with Crippen LogP contribution in [0.15, 0.2) is 97.1 Å². The molecule has 1 saturated heterocycles. The first-order valence-electron chi connectivity index (χ1n) is 13.3. The molecule has 41 heavy (non-hydrogen) atoms. The summed E-state index contributed by atoms with van der Waals surface area (Å²) in [4.78, 5) is 39.4. The average Bonchev–Trinajstić information content (AvgIpc) is 3.23. The molecule has 1 heterocycles. The van der Waals surface area contributed by atoms with Crippen LogP contribution in [0.4, 0.5) is 5.69 Å². The van der Waals surface area contributed by atoms with Crippen molar-refractivity contribution in [2.75, 3.05) is 11.9 Å². The molecule has 4 aliphatic rings. The first-order chi connectivity index (χ1) is 19.7. The Morgan fingerprint density at radius 1 is 0.756 bits per heavy atom. The zero-order chi connectivity index (χ0) is 28.5. The number of likely N-dealkylation sites (tertiary alicyclic amines) is 1. The van der Waals surface area contributed by atoms with E-state index in [1.165, 1.54) is 0 Å². The molecular formula is C33H24Cl2N2O4. The molecule has 2 bridgehead atoms. The fraction of sp³-hybridized carbons (Fsp3) is 0.182. The van der Waals surface area contributed by atoms with E-state index in [9.17, 15) is 14.4 Å². The normalized spacial score (nSPS) is 25.4. The second-order valence-corrected chi connectivity index (χ2v) is 11.9. The second kappa shape index (κ2) is 9.20. The van der Waals surface area contributed by atoms with Gasteiger partial charge in [-0.3, -0.25) is 19.3 Å². The smallest absolute Gasteiger partial charge is 0.244 e. The molecule has 8 rings (SSSR count). The van der Waals surface area contributed by atoms with Crippen LogP contribution < -0.4 is 10.1 Å². The number of carbonyl (C=O) groups excluding carboxylic acids is 3. The summed E-state index contributed by atoms with van der Waals surface area (Å²) < 4.78 is 5.87. The van der Waals surface area contributed by atoms with Crippen LogP contribution in [-0.2, 0) is 24.1 Å². The average molecular weight is 583 g/mol. The third kappa shape index (κ3) is 3.67. The number of hydrogen-bond donors (Lipinski definition) is 1. The summed E-state index contributed by atoms with van der Waals surface area (Å²) in [5, 5.41) is 2.78. The zero-order valence-electron chi connectivity index (χ0n) is 21.9. The largest absolute Gasteiger partial charge is 0.457 e. The van der Waals surface area contributed by atoms with E-state index in [4.69, 9.17) is 27.9 Å². The summed E-state index contributed by atoms with van der Waals surface area (Å²) in [6.07, 6.45) is 0. The molecule has 0 saturated carbocycles. The number of hydrogen-bond acceptors (Lipinski definition) is 4. The number of alkyl halides is 2. The van der Waals surface area contributed by atoms with Crippen molar-refractivity contribution in [2.24, 2.45) is 11.8 Å². The SMILES string of the molecule is Cc1cccc(Oc2ccc(NC(=O)CN3C(=O)[C@H]4[C@H](C3=O)C3(Cl)c5ccccc5C4(Cl)c4ccccc43)cc2)c1. The van der Waals surface area contributed by atoms with E-state index in [1.807, 2.05) is 79.7 Å². The van der Waals surface area contributed by atoms with Crippen LogP contribution in [-0.4, -0.2) is 29.2 Å². The van der Waals surface area contributed by atoms with E-state index in [0.717, 1.165) is 32.7 Å². The van der Waals surface area contributed by atoms with E-state index < -0.39 is 45.9 Å². The minimum Gasteiger partial charge on any atom is -0.457 e. The Labute approximate surface area is 246 Å². The molecule has 0 unspecified atom stereocenters. The van der Waals surface area contributed by atoms with Gasteiger partial charge < -0.3 is 10.1 Å². The molecule has 2 atom stereocenters. The van der Waals surface area contributed by atoms with Crippen molar-refractivity contribution in [1.82, 2.24) is 4.90 Å². The Kier molecular flexibility index (Phi) is 5.79. The van der Waals surface area contributed by atoms with Crippen molar-refractivity contribution in [1.29, 1.82) is 0 Å². The highest BCUT2D eigenvalue weighted by Gasteiger charge is 2.73. The summed E-state index contributed by atoms with van der Waals surface area (Å²) in [6.45, 7) is 1.54. The molecule has 4 aromatic rings. The van der Waals surface area contributed by atoms with Crippen LogP contribution in [0.2, 0.25) is 0 Å². The van der Waals surface area contributed by atoms with Gasteiger partial charge in [-0.1, -0.05) is 60.7 Å². The van der Waals surface area contributed by atoms with Crippen LogP contribution in [0.1, 0.15) is 27.8 Å². The van der Waals surface area contributed by atoms with Crippen molar-refractivity contribution in [2.45, 2.75) is 16.7 Å². The van der Waals surface area contributed by atoms with Crippen LogP contribution >= 0.6 is 23.2 Å². The molecular weight excluding hydrogens is 559 g/mol. The van der Waals surface area contributed by atoms with Gasteiger partial charge in [-0.15, -0.1) is 23.2 Å². The number of amides is 3. The van der Waals surface area contributed by atoms with Gasteiger partial charge >= 0.3 is 0 Å². The van der Waals surface area contributed by atoms with Crippen molar-refractivity contribution < 1.29 is 19.1 Å². The van der Waals surface area contributed by atoms with E-state index >= 15 is 0 Å². The van der Waals surface area contributed by atoms with Crippen LogP contribution in [0.25, 0.3) is 0 Å².